The van der Waals surface area contributed by atoms with Crippen molar-refractivity contribution in [3.05, 3.63) is 42.2 Å². The Morgan fingerprint density at radius 1 is 1.08 bits per heavy atom. The second-order valence-electron chi connectivity index (χ2n) is 7.39. The first-order chi connectivity index (χ1) is 11.8. The van der Waals surface area contributed by atoms with E-state index in [1.807, 2.05) is 69.4 Å². The van der Waals surface area contributed by atoms with Crippen molar-refractivity contribution >= 4 is 11.6 Å². The van der Waals surface area contributed by atoms with E-state index in [1.54, 1.807) is 4.68 Å². The first-order valence-corrected chi connectivity index (χ1v) is 8.64. The van der Waals surface area contributed by atoms with E-state index in [0.717, 1.165) is 24.5 Å². The maximum absolute atomic E-state index is 12.7. The van der Waals surface area contributed by atoms with Crippen molar-refractivity contribution in [2.24, 2.45) is 7.05 Å². The van der Waals surface area contributed by atoms with Crippen LogP contribution in [0.2, 0.25) is 0 Å². The molecule has 6 nitrogen and oxygen atoms in total. The van der Waals surface area contributed by atoms with Crippen molar-refractivity contribution in [2.45, 2.75) is 26.4 Å². The molecule has 0 spiro atoms. The van der Waals surface area contributed by atoms with Crippen LogP contribution in [0.5, 0.6) is 5.75 Å². The van der Waals surface area contributed by atoms with Crippen LogP contribution in [0.1, 0.15) is 31.1 Å². The minimum Gasteiger partial charge on any atom is -0.488 e. The number of hydrogen-bond acceptors (Lipinski definition) is 4. The van der Waals surface area contributed by atoms with Gasteiger partial charge >= 0.3 is 0 Å². The lowest BCUT2D eigenvalue weighted by Crippen LogP contribution is -2.48. The predicted octanol–water partition coefficient (Wildman–Crippen LogP) is 2.56. The van der Waals surface area contributed by atoms with E-state index in [9.17, 15) is 4.79 Å². The zero-order valence-corrected chi connectivity index (χ0v) is 15.4. The van der Waals surface area contributed by atoms with E-state index < -0.39 is 0 Å². The summed E-state index contributed by atoms with van der Waals surface area (Å²) in [6.07, 6.45) is 3.87. The molecule has 2 heterocycles. The van der Waals surface area contributed by atoms with Gasteiger partial charge in [-0.1, -0.05) is 0 Å². The molecular formula is C19H26N4O2. The topological polar surface area (TPSA) is 50.6 Å². The van der Waals surface area contributed by atoms with Gasteiger partial charge in [0.15, 0.2) is 0 Å². The van der Waals surface area contributed by atoms with E-state index in [-0.39, 0.29) is 11.5 Å². The van der Waals surface area contributed by atoms with Gasteiger partial charge in [0.2, 0.25) is 0 Å². The van der Waals surface area contributed by atoms with Gasteiger partial charge in [0.25, 0.3) is 5.91 Å². The highest BCUT2D eigenvalue weighted by molar-refractivity contribution is 5.94. The molecule has 6 heteroatoms. The number of amides is 1. The van der Waals surface area contributed by atoms with Crippen molar-refractivity contribution in [3.8, 4) is 5.75 Å². The monoisotopic (exact) mass is 342 g/mol. The quantitative estimate of drug-likeness (QED) is 0.860. The van der Waals surface area contributed by atoms with E-state index in [4.69, 9.17) is 4.74 Å². The number of carbonyl (C=O) groups is 1. The average molecular weight is 342 g/mol. The lowest BCUT2D eigenvalue weighted by molar-refractivity contribution is 0.0746. The van der Waals surface area contributed by atoms with Gasteiger partial charge in [-0.3, -0.25) is 9.48 Å². The Kier molecular flexibility index (Phi) is 4.70. The number of aromatic nitrogens is 2. The van der Waals surface area contributed by atoms with Gasteiger partial charge in [-0.25, -0.2) is 0 Å². The first kappa shape index (κ1) is 17.3. The van der Waals surface area contributed by atoms with Gasteiger partial charge in [0, 0.05) is 45.0 Å². The Balaban J connectivity index is 1.59. The molecule has 134 valence electrons. The molecular weight excluding hydrogens is 316 g/mol. The normalized spacial score (nSPS) is 15.4. The Bertz CT molecular complexity index is 723. The fourth-order valence-corrected chi connectivity index (χ4v) is 2.94. The lowest BCUT2D eigenvalue weighted by atomic mass is 10.1. The van der Waals surface area contributed by atoms with Crippen molar-refractivity contribution in [2.75, 3.05) is 31.1 Å². The Morgan fingerprint density at radius 2 is 1.72 bits per heavy atom. The second kappa shape index (κ2) is 6.78. The predicted molar refractivity (Wildman–Crippen MR) is 98.1 cm³/mol. The zero-order chi connectivity index (χ0) is 18.0. The zero-order valence-electron chi connectivity index (χ0n) is 15.4. The summed E-state index contributed by atoms with van der Waals surface area (Å²) in [7, 11) is 1.91. The van der Waals surface area contributed by atoms with Crippen molar-refractivity contribution in [1.29, 1.82) is 0 Å². The number of aryl methyl sites for hydroxylation is 1. The van der Waals surface area contributed by atoms with Crippen molar-refractivity contribution in [1.82, 2.24) is 14.7 Å². The molecule has 0 unspecified atom stereocenters. The number of hydrogen-bond donors (Lipinski definition) is 0. The molecule has 1 amide bonds. The maximum Gasteiger partial charge on any atom is 0.253 e. The molecule has 1 fully saturated rings. The molecule has 0 bridgehead atoms. The fraction of sp³-hybridized carbons (Fsp3) is 0.474. The molecule has 2 aromatic rings. The minimum atomic E-state index is -0.242. The van der Waals surface area contributed by atoms with E-state index in [2.05, 4.69) is 10.00 Å². The summed E-state index contributed by atoms with van der Waals surface area (Å²) in [5, 5.41) is 4.21. The highest BCUT2D eigenvalue weighted by atomic mass is 16.5. The average Bonchev–Trinajstić information content (AvgIpc) is 3.00. The van der Waals surface area contributed by atoms with Gasteiger partial charge in [-0.15, -0.1) is 0 Å². The number of rotatable bonds is 3. The molecule has 0 saturated carbocycles. The van der Waals surface area contributed by atoms with Crippen LogP contribution in [0.3, 0.4) is 0 Å². The summed E-state index contributed by atoms with van der Waals surface area (Å²) in [5.41, 5.74) is 1.57. The first-order valence-electron chi connectivity index (χ1n) is 8.64. The van der Waals surface area contributed by atoms with Crippen LogP contribution in [0.4, 0.5) is 5.69 Å². The molecule has 1 aromatic carbocycles. The van der Waals surface area contributed by atoms with Crippen LogP contribution in [-0.4, -0.2) is 52.4 Å². The number of piperazine rings is 1. The number of anilines is 1. The molecule has 25 heavy (non-hydrogen) atoms. The van der Waals surface area contributed by atoms with Gasteiger partial charge in [-0.05, 0) is 45.0 Å². The number of benzene rings is 1. The van der Waals surface area contributed by atoms with Gasteiger partial charge in [-0.2, -0.15) is 5.10 Å². The van der Waals surface area contributed by atoms with Gasteiger partial charge in [0.05, 0.1) is 11.9 Å². The Morgan fingerprint density at radius 3 is 2.24 bits per heavy atom. The summed E-state index contributed by atoms with van der Waals surface area (Å²) in [5.74, 6) is 0.860. The number of ether oxygens (including phenoxy) is 1. The number of carbonyl (C=O) groups excluding carboxylic acids is 1. The standard InChI is InChI=1S/C19H26N4O2/c1-19(2,3)25-17-7-5-15(6-8-17)18(24)23-11-9-22(10-12-23)16-13-20-21(4)14-16/h5-8,13-14H,9-12H2,1-4H3. The van der Waals surface area contributed by atoms with E-state index in [0.29, 0.717) is 18.7 Å². The van der Waals surface area contributed by atoms with Crippen molar-refractivity contribution < 1.29 is 9.53 Å². The maximum atomic E-state index is 12.7. The Hall–Kier alpha value is -2.50. The van der Waals surface area contributed by atoms with E-state index >= 15 is 0 Å². The molecule has 1 aliphatic rings. The third-order valence-corrected chi connectivity index (χ3v) is 4.15. The van der Waals surface area contributed by atoms with Crippen LogP contribution < -0.4 is 9.64 Å². The van der Waals surface area contributed by atoms with Crippen LogP contribution in [0, 0.1) is 0 Å². The molecule has 0 atom stereocenters. The molecule has 1 aliphatic heterocycles. The van der Waals surface area contributed by atoms with Crippen LogP contribution >= 0.6 is 0 Å². The fourth-order valence-electron chi connectivity index (χ4n) is 2.94. The van der Waals surface area contributed by atoms with Crippen molar-refractivity contribution in [3.63, 3.8) is 0 Å². The van der Waals surface area contributed by atoms with Gasteiger partial charge < -0.3 is 14.5 Å². The van der Waals surface area contributed by atoms with E-state index in [1.165, 1.54) is 0 Å². The minimum absolute atomic E-state index is 0.0770. The summed E-state index contributed by atoms with van der Waals surface area (Å²) in [6.45, 7) is 9.10. The summed E-state index contributed by atoms with van der Waals surface area (Å²) in [6, 6.07) is 7.42. The smallest absolute Gasteiger partial charge is 0.253 e. The highest BCUT2D eigenvalue weighted by Gasteiger charge is 2.23. The highest BCUT2D eigenvalue weighted by Crippen LogP contribution is 2.20. The molecule has 0 radical (unpaired) electrons. The molecule has 1 aromatic heterocycles. The summed E-state index contributed by atoms with van der Waals surface area (Å²) in [4.78, 5) is 16.9. The largest absolute Gasteiger partial charge is 0.488 e. The summed E-state index contributed by atoms with van der Waals surface area (Å²) < 4.78 is 7.61. The third kappa shape index (κ3) is 4.32. The summed E-state index contributed by atoms with van der Waals surface area (Å²) >= 11 is 0. The van der Waals surface area contributed by atoms with Crippen LogP contribution in [-0.2, 0) is 7.05 Å². The van der Waals surface area contributed by atoms with Crippen LogP contribution in [0.25, 0.3) is 0 Å². The van der Waals surface area contributed by atoms with Gasteiger partial charge in [0.1, 0.15) is 11.4 Å². The molecule has 0 aliphatic carbocycles. The molecule has 3 rings (SSSR count). The lowest BCUT2D eigenvalue weighted by Gasteiger charge is -2.35. The van der Waals surface area contributed by atoms with Crippen LogP contribution in [0.15, 0.2) is 36.7 Å². The Labute approximate surface area is 149 Å². The molecule has 1 saturated heterocycles. The SMILES string of the molecule is Cn1cc(N2CCN(C(=O)c3ccc(OC(C)(C)C)cc3)CC2)cn1. The number of nitrogens with zero attached hydrogens (tertiary/aromatic N) is 4. The third-order valence-electron chi connectivity index (χ3n) is 4.15. The second-order valence-corrected chi connectivity index (χ2v) is 7.39. The molecule has 0 N–H and O–H groups in total.